The number of likely N-dealkylation sites (tertiary alicyclic amines) is 1. The van der Waals surface area contributed by atoms with E-state index in [1.54, 1.807) is 11.8 Å². The molecule has 3 rings (SSSR count). The van der Waals surface area contributed by atoms with E-state index in [-0.39, 0.29) is 24.3 Å². The molecule has 1 N–H and O–H groups in total. The quantitative estimate of drug-likeness (QED) is 0.919. The van der Waals surface area contributed by atoms with Crippen LogP contribution in [0.15, 0.2) is 24.3 Å². The van der Waals surface area contributed by atoms with Gasteiger partial charge in [0.1, 0.15) is 0 Å². The molecule has 1 heterocycles. The zero-order valence-corrected chi connectivity index (χ0v) is 13.1. The third kappa shape index (κ3) is 2.99. The molecule has 2 fully saturated rings. The first-order valence-corrected chi connectivity index (χ1v) is 7.81. The minimum absolute atomic E-state index is 0.0727. The second-order valence-electron chi connectivity index (χ2n) is 6.94. The molecule has 1 amide bonds. The molecule has 0 unspecified atom stereocenters. The zero-order chi connectivity index (χ0) is 17.7. The number of carboxylic acids is 1. The number of carboxylic acid groups (broad SMARTS) is 1. The van der Waals surface area contributed by atoms with Gasteiger partial charge in [-0.2, -0.15) is 13.2 Å². The topological polar surface area (TPSA) is 57.6 Å². The highest BCUT2D eigenvalue weighted by Gasteiger charge is 2.50. The summed E-state index contributed by atoms with van der Waals surface area (Å²) in [5.74, 6) is -1.33. The molecule has 130 valence electrons. The van der Waals surface area contributed by atoms with Gasteiger partial charge in [-0.1, -0.05) is 12.1 Å². The Balaban J connectivity index is 1.63. The summed E-state index contributed by atoms with van der Waals surface area (Å²) in [6.45, 7) is 2.23. The average Bonchev–Trinajstić information content (AvgIpc) is 3.21. The molecule has 1 aromatic rings. The molecule has 1 aliphatic heterocycles. The van der Waals surface area contributed by atoms with Crippen molar-refractivity contribution >= 4 is 11.9 Å². The van der Waals surface area contributed by atoms with Crippen LogP contribution in [0.1, 0.15) is 36.8 Å². The number of carbonyl (C=O) groups excluding carboxylic acids is 1. The van der Waals surface area contributed by atoms with Gasteiger partial charge in [0.2, 0.25) is 5.91 Å². The van der Waals surface area contributed by atoms with E-state index < -0.39 is 23.1 Å². The Kier molecular flexibility index (Phi) is 3.85. The molecule has 2 aliphatic rings. The van der Waals surface area contributed by atoms with Gasteiger partial charge in [0.15, 0.2) is 0 Å². The lowest BCUT2D eigenvalue weighted by Crippen LogP contribution is -2.35. The van der Waals surface area contributed by atoms with Crippen LogP contribution >= 0.6 is 0 Å². The summed E-state index contributed by atoms with van der Waals surface area (Å²) in [6.07, 6.45) is -3.34. The van der Waals surface area contributed by atoms with E-state index in [4.69, 9.17) is 0 Å². The van der Waals surface area contributed by atoms with Crippen molar-refractivity contribution in [3.8, 4) is 0 Å². The number of carbonyl (C=O) groups is 2. The maximum atomic E-state index is 12.6. The number of hydrogen-bond donors (Lipinski definition) is 1. The SMILES string of the molecule is C[C@]1(C(=O)O)CCN(C(=O)[C@@H]2C[C@@H]2c2ccc(C(F)(F)F)cc2)C1. The van der Waals surface area contributed by atoms with Crippen LogP contribution in [-0.4, -0.2) is 35.0 Å². The summed E-state index contributed by atoms with van der Waals surface area (Å²) in [7, 11) is 0. The monoisotopic (exact) mass is 341 g/mol. The van der Waals surface area contributed by atoms with Gasteiger partial charge in [0.05, 0.1) is 11.0 Å². The number of nitrogens with zero attached hydrogens (tertiary/aromatic N) is 1. The number of alkyl halides is 3. The maximum Gasteiger partial charge on any atom is 0.416 e. The van der Waals surface area contributed by atoms with Crippen molar-refractivity contribution in [2.75, 3.05) is 13.1 Å². The van der Waals surface area contributed by atoms with Gasteiger partial charge in [0, 0.05) is 19.0 Å². The third-order valence-electron chi connectivity index (χ3n) is 5.08. The highest BCUT2D eigenvalue weighted by Crippen LogP contribution is 2.49. The summed E-state index contributed by atoms with van der Waals surface area (Å²) in [4.78, 5) is 25.3. The molecule has 24 heavy (non-hydrogen) atoms. The largest absolute Gasteiger partial charge is 0.481 e. The number of rotatable bonds is 3. The first kappa shape index (κ1) is 16.8. The first-order valence-electron chi connectivity index (χ1n) is 7.81. The van der Waals surface area contributed by atoms with Gasteiger partial charge in [0.25, 0.3) is 0 Å². The summed E-state index contributed by atoms with van der Waals surface area (Å²) < 4.78 is 37.7. The Bertz CT molecular complexity index is 671. The lowest BCUT2D eigenvalue weighted by atomic mass is 9.90. The van der Waals surface area contributed by atoms with Gasteiger partial charge in [-0.15, -0.1) is 0 Å². The second kappa shape index (κ2) is 5.50. The molecule has 7 heteroatoms. The van der Waals surface area contributed by atoms with E-state index >= 15 is 0 Å². The highest BCUT2D eigenvalue weighted by molar-refractivity contribution is 5.85. The zero-order valence-electron chi connectivity index (χ0n) is 13.1. The average molecular weight is 341 g/mol. The first-order chi connectivity index (χ1) is 11.1. The molecular weight excluding hydrogens is 323 g/mol. The van der Waals surface area contributed by atoms with E-state index in [1.165, 1.54) is 12.1 Å². The van der Waals surface area contributed by atoms with Crippen molar-refractivity contribution in [1.82, 2.24) is 4.90 Å². The molecule has 1 aromatic carbocycles. The standard InChI is InChI=1S/C17H18F3NO3/c1-16(15(23)24)6-7-21(9-16)14(22)13-8-12(13)10-2-4-11(5-3-10)17(18,19)20/h2-5,12-13H,6-9H2,1H3,(H,23,24)/t12-,13-,16+/m1/s1. The van der Waals surface area contributed by atoms with E-state index in [0.29, 0.717) is 19.4 Å². The van der Waals surface area contributed by atoms with Crippen molar-refractivity contribution < 1.29 is 27.9 Å². The maximum absolute atomic E-state index is 12.6. The molecule has 3 atom stereocenters. The van der Waals surface area contributed by atoms with Crippen LogP contribution in [0.3, 0.4) is 0 Å². The van der Waals surface area contributed by atoms with Gasteiger partial charge in [-0.05, 0) is 43.4 Å². The lowest BCUT2D eigenvalue weighted by Gasteiger charge is -2.20. The Morgan fingerprint density at radius 1 is 1.25 bits per heavy atom. The van der Waals surface area contributed by atoms with E-state index in [2.05, 4.69) is 0 Å². The van der Waals surface area contributed by atoms with E-state index in [9.17, 15) is 27.9 Å². The van der Waals surface area contributed by atoms with Crippen LogP contribution in [0.25, 0.3) is 0 Å². The number of benzene rings is 1. The van der Waals surface area contributed by atoms with Crippen LogP contribution < -0.4 is 0 Å². The number of aliphatic carboxylic acids is 1. The van der Waals surface area contributed by atoms with Crippen molar-refractivity contribution in [2.45, 2.75) is 31.9 Å². The van der Waals surface area contributed by atoms with Crippen molar-refractivity contribution in [3.05, 3.63) is 35.4 Å². The van der Waals surface area contributed by atoms with Gasteiger partial charge in [-0.3, -0.25) is 9.59 Å². The molecule has 0 radical (unpaired) electrons. The van der Waals surface area contributed by atoms with Crippen LogP contribution in [0.5, 0.6) is 0 Å². The predicted octanol–water partition coefficient (Wildman–Crippen LogP) is 3.13. The second-order valence-corrected chi connectivity index (χ2v) is 6.94. The Hall–Kier alpha value is -2.05. The fourth-order valence-corrected chi connectivity index (χ4v) is 3.31. The van der Waals surface area contributed by atoms with Crippen molar-refractivity contribution in [2.24, 2.45) is 11.3 Å². The fraction of sp³-hybridized carbons (Fsp3) is 0.529. The van der Waals surface area contributed by atoms with Crippen LogP contribution in [0.2, 0.25) is 0 Å². The number of halogens is 3. The van der Waals surface area contributed by atoms with Gasteiger partial charge < -0.3 is 10.0 Å². The smallest absolute Gasteiger partial charge is 0.416 e. The molecule has 1 saturated heterocycles. The Morgan fingerprint density at radius 2 is 1.88 bits per heavy atom. The van der Waals surface area contributed by atoms with Crippen LogP contribution in [-0.2, 0) is 15.8 Å². The highest BCUT2D eigenvalue weighted by atomic mass is 19.4. The minimum atomic E-state index is -4.37. The van der Waals surface area contributed by atoms with Crippen molar-refractivity contribution in [3.63, 3.8) is 0 Å². The number of amides is 1. The van der Waals surface area contributed by atoms with Gasteiger partial charge in [-0.25, -0.2) is 0 Å². The Morgan fingerprint density at radius 3 is 2.38 bits per heavy atom. The summed E-state index contributed by atoms with van der Waals surface area (Å²) >= 11 is 0. The van der Waals surface area contributed by atoms with E-state index in [0.717, 1.165) is 17.7 Å². The third-order valence-corrected chi connectivity index (χ3v) is 5.08. The normalized spacial score (nSPS) is 29.6. The number of hydrogen-bond acceptors (Lipinski definition) is 2. The molecule has 1 aliphatic carbocycles. The molecule has 0 spiro atoms. The molecule has 4 nitrogen and oxygen atoms in total. The van der Waals surface area contributed by atoms with Gasteiger partial charge >= 0.3 is 12.1 Å². The van der Waals surface area contributed by atoms with E-state index in [1.807, 2.05) is 0 Å². The Labute approximate surface area is 137 Å². The minimum Gasteiger partial charge on any atom is -0.481 e. The molecule has 0 bridgehead atoms. The van der Waals surface area contributed by atoms with Crippen molar-refractivity contribution in [1.29, 1.82) is 0 Å². The summed E-state index contributed by atoms with van der Waals surface area (Å²) in [6, 6.07) is 4.91. The molecule has 0 aromatic heterocycles. The van der Waals surface area contributed by atoms with Crippen LogP contribution in [0, 0.1) is 11.3 Å². The summed E-state index contributed by atoms with van der Waals surface area (Å²) in [5, 5.41) is 9.22. The predicted molar refractivity (Wildman–Crippen MR) is 79.2 cm³/mol. The summed E-state index contributed by atoms with van der Waals surface area (Å²) in [5.41, 5.74) is -0.887. The molecule has 1 saturated carbocycles. The van der Waals surface area contributed by atoms with Crippen LogP contribution in [0.4, 0.5) is 13.2 Å². The lowest BCUT2D eigenvalue weighted by molar-refractivity contribution is -0.147. The fourth-order valence-electron chi connectivity index (χ4n) is 3.31. The molecular formula is C17H18F3NO3.